The summed E-state index contributed by atoms with van der Waals surface area (Å²) in [7, 11) is -3.64. The van der Waals surface area contributed by atoms with Crippen LogP contribution in [-0.2, 0) is 10.0 Å². The Hall–Kier alpha value is -0.950. The highest BCUT2D eigenvalue weighted by atomic mass is 79.9. The van der Waals surface area contributed by atoms with E-state index in [1.54, 1.807) is 18.2 Å². The van der Waals surface area contributed by atoms with Crippen molar-refractivity contribution in [3.05, 3.63) is 57.8 Å². The molecule has 1 atom stereocenters. The molecule has 1 aromatic heterocycles. The number of nitrogens with one attached hydrogen (secondary N) is 1. The van der Waals surface area contributed by atoms with E-state index in [0.717, 1.165) is 5.56 Å². The molecule has 21 heavy (non-hydrogen) atoms. The summed E-state index contributed by atoms with van der Waals surface area (Å²) in [5.74, 6) is 0. The lowest BCUT2D eigenvalue weighted by atomic mass is 10.1. The summed E-state index contributed by atoms with van der Waals surface area (Å²) < 4.78 is 28.1. The fourth-order valence-electron chi connectivity index (χ4n) is 1.91. The molecule has 1 aromatic carbocycles. The fourth-order valence-corrected chi connectivity index (χ4v) is 3.92. The highest BCUT2D eigenvalue weighted by Gasteiger charge is 2.21. The van der Waals surface area contributed by atoms with Crippen molar-refractivity contribution in [2.75, 3.05) is 0 Å². The van der Waals surface area contributed by atoms with E-state index in [1.165, 1.54) is 18.5 Å². The first-order chi connectivity index (χ1) is 9.92. The van der Waals surface area contributed by atoms with Crippen LogP contribution in [0.15, 0.2) is 52.1 Å². The van der Waals surface area contributed by atoms with Crippen molar-refractivity contribution in [2.45, 2.75) is 24.3 Å². The second kappa shape index (κ2) is 6.87. The Labute approximate surface area is 137 Å². The predicted molar refractivity (Wildman–Crippen MR) is 86.7 cm³/mol. The lowest BCUT2D eigenvalue weighted by Crippen LogP contribution is -2.28. The van der Waals surface area contributed by atoms with Crippen molar-refractivity contribution < 1.29 is 8.42 Å². The maximum absolute atomic E-state index is 12.4. The maximum atomic E-state index is 12.4. The molecule has 0 saturated heterocycles. The zero-order chi connectivity index (χ0) is 15.5. The smallest absolute Gasteiger partial charge is 0.242 e. The van der Waals surface area contributed by atoms with Gasteiger partial charge in [0.2, 0.25) is 10.0 Å². The minimum atomic E-state index is -3.64. The van der Waals surface area contributed by atoms with E-state index >= 15 is 0 Å². The number of hydrogen-bond donors (Lipinski definition) is 1. The van der Waals surface area contributed by atoms with E-state index in [4.69, 9.17) is 11.6 Å². The van der Waals surface area contributed by atoms with Crippen LogP contribution in [-0.4, -0.2) is 13.4 Å². The maximum Gasteiger partial charge on any atom is 0.242 e. The number of pyridine rings is 1. The molecule has 0 fully saturated rings. The summed E-state index contributed by atoms with van der Waals surface area (Å²) in [5, 5.41) is 0.578. The first-order valence-corrected chi connectivity index (χ1v) is 8.96. The molecule has 112 valence electrons. The van der Waals surface area contributed by atoms with Crippen LogP contribution in [0.5, 0.6) is 0 Å². The molecular weight excluding hydrogens is 376 g/mol. The predicted octanol–water partition coefficient (Wildman–Crippen LogP) is 3.93. The Balaban J connectivity index is 2.29. The van der Waals surface area contributed by atoms with E-state index in [9.17, 15) is 8.42 Å². The van der Waals surface area contributed by atoms with Crippen molar-refractivity contribution in [3.8, 4) is 0 Å². The number of rotatable bonds is 5. The molecule has 4 nitrogen and oxygen atoms in total. The van der Waals surface area contributed by atoms with Gasteiger partial charge >= 0.3 is 0 Å². The van der Waals surface area contributed by atoms with E-state index in [1.807, 2.05) is 13.0 Å². The molecule has 2 aromatic rings. The van der Waals surface area contributed by atoms with E-state index in [2.05, 4.69) is 25.6 Å². The zero-order valence-corrected chi connectivity index (χ0v) is 14.4. The SMILES string of the molecule is CCC(NS(=O)(=O)c1cncc(Br)c1)c1cccc(Cl)c1. The Kier molecular flexibility index (Phi) is 5.37. The summed E-state index contributed by atoms with van der Waals surface area (Å²) in [5.41, 5.74) is 0.830. The van der Waals surface area contributed by atoms with Gasteiger partial charge in [0.1, 0.15) is 4.90 Å². The van der Waals surface area contributed by atoms with Gasteiger partial charge in [-0.05, 0) is 46.1 Å². The Morgan fingerprint density at radius 2 is 2.10 bits per heavy atom. The van der Waals surface area contributed by atoms with Gasteiger partial charge in [-0.1, -0.05) is 30.7 Å². The minimum absolute atomic E-state index is 0.123. The van der Waals surface area contributed by atoms with Gasteiger partial charge in [0.05, 0.1) is 0 Å². The molecular formula is C14H14BrClN2O2S. The van der Waals surface area contributed by atoms with Gasteiger partial charge in [-0.15, -0.1) is 0 Å². The molecule has 0 saturated carbocycles. The van der Waals surface area contributed by atoms with Gasteiger partial charge in [-0.2, -0.15) is 0 Å². The van der Waals surface area contributed by atoms with Crippen LogP contribution >= 0.6 is 27.5 Å². The standard InChI is InChI=1S/C14H14BrClN2O2S/c1-2-14(10-4-3-5-12(16)6-10)18-21(19,20)13-7-11(15)8-17-9-13/h3-9,14,18H,2H2,1H3. The third-order valence-electron chi connectivity index (χ3n) is 2.95. The van der Waals surface area contributed by atoms with Crippen molar-refractivity contribution in [3.63, 3.8) is 0 Å². The number of sulfonamides is 1. The Morgan fingerprint density at radius 1 is 1.33 bits per heavy atom. The molecule has 1 heterocycles. The lowest BCUT2D eigenvalue weighted by molar-refractivity contribution is 0.549. The van der Waals surface area contributed by atoms with Crippen LogP contribution in [0.1, 0.15) is 24.9 Å². The Bertz CT molecular complexity index is 737. The first kappa shape index (κ1) is 16.4. The molecule has 0 bridgehead atoms. The zero-order valence-electron chi connectivity index (χ0n) is 11.3. The normalized spacial score (nSPS) is 13.1. The van der Waals surface area contributed by atoms with Crippen LogP contribution in [0.25, 0.3) is 0 Å². The van der Waals surface area contributed by atoms with E-state index < -0.39 is 10.0 Å². The molecule has 7 heteroatoms. The van der Waals surface area contributed by atoms with Gasteiger partial charge in [-0.25, -0.2) is 13.1 Å². The van der Waals surface area contributed by atoms with Gasteiger partial charge in [0.25, 0.3) is 0 Å². The molecule has 1 N–H and O–H groups in total. The summed E-state index contributed by atoms with van der Waals surface area (Å²) in [6.45, 7) is 1.91. The molecule has 1 unspecified atom stereocenters. The molecule has 0 amide bonds. The van der Waals surface area contributed by atoms with Crippen LogP contribution in [0, 0.1) is 0 Å². The quantitative estimate of drug-likeness (QED) is 0.843. The summed E-state index contributed by atoms with van der Waals surface area (Å²) in [4.78, 5) is 4.01. The van der Waals surface area contributed by atoms with Crippen molar-refractivity contribution in [2.24, 2.45) is 0 Å². The van der Waals surface area contributed by atoms with Crippen LogP contribution in [0.3, 0.4) is 0 Å². The topological polar surface area (TPSA) is 59.1 Å². The largest absolute Gasteiger partial charge is 0.262 e. The highest BCUT2D eigenvalue weighted by Crippen LogP contribution is 2.23. The number of hydrogen-bond acceptors (Lipinski definition) is 3. The van der Waals surface area contributed by atoms with Crippen LogP contribution < -0.4 is 4.72 Å². The molecule has 0 radical (unpaired) electrons. The van der Waals surface area contributed by atoms with Gasteiger partial charge in [0.15, 0.2) is 0 Å². The van der Waals surface area contributed by atoms with Crippen molar-refractivity contribution in [1.29, 1.82) is 0 Å². The molecule has 2 rings (SSSR count). The van der Waals surface area contributed by atoms with Crippen LogP contribution in [0.2, 0.25) is 5.02 Å². The number of aromatic nitrogens is 1. The fraction of sp³-hybridized carbons (Fsp3) is 0.214. The molecule has 0 aliphatic rings. The average Bonchev–Trinajstić information content (AvgIpc) is 2.45. The van der Waals surface area contributed by atoms with Gasteiger partial charge < -0.3 is 0 Å². The molecule has 0 aliphatic carbocycles. The summed E-state index contributed by atoms with van der Waals surface area (Å²) >= 11 is 9.18. The summed E-state index contributed by atoms with van der Waals surface area (Å²) in [6, 6.07) is 8.34. The molecule has 0 aliphatic heterocycles. The summed E-state index contributed by atoms with van der Waals surface area (Å²) in [6.07, 6.45) is 3.46. The molecule has 0 spiro atoms. The van der Waals surface area contributed by atoms with Gasteiger partial charge in [0, 0.05) is 27.9 Å². The van der Waals surface area contributed by atoms with E-state index in [0.29, 0.717) is 15.9 Å². The average molecular weight is 390 g/mol. The van der Waals surface area contributed by atoms with Gasteiger partial charge in [-0.3, -0.25) is 4.98 Å². The first-order valence-electron chi connectivity index (χ1n) is 6.30. The van der Waals surface area contributed by atoms with E-state index in [-0.39, 0.29) is 10.9 Å². The second-order valence-electron chi connectivity index (χ2n) is 4.48. The van der Waals surface area contributed by atoms with Crippen molar-refractivity contribution in [1.82, 2.24) is 9.71 Å². The minimum Gasteiger partial charge on any atom is -0.262 e. The van der Waals surface area contributed by atoms with Crippen LogP contribution in [0.4, 0.5) is 0 Å². The third-order valence-corrected chi connectivity index (χ3v) is 5.05. The highest BCUT2D eigenvalue weighted by molar-refractivity contribution is 9.10. The lowest BCUT2D eigenvalue weighted by Gasteiger charge is -2.17. The monoisotopic (exact) mass is 388 g/mol. The second-order valence-corrected chi connectivity index (χ2v) is 7.54. The number of benzene rings is 1. The number of nitrogens with zero attached hydrogens (tertiary/aromatic N) is 1. The van der Waals surface area contributed by atoms with Crippen molar-refractivity contribution >= 4 is 37.6 Å². The Morgan fingerprint density at radius 3 is 2.71 bits per heavy atom. The number of halogens is 2. The third kappa shape index (κ3) is 4.26.